The van der Waals surface area contributed by atoms with E-state index in [0.717, 1.165) is 42.7 Å². The maximum Gasteiger partial charge on any atom is 0.191 e. The van der Waals surface area contributed by atoms with E-state index in [9.17, 15) is 0 Å². The Morgan fingerprint density at radius 1 is 1.18 bits per heavy atom. The fraction of sp³-hybridized carbons (Fsp3) is 0.524. The van der Waals surface area contributed by atoms with Gasteiger partial charge in [0.2, 0.25) is 0 Å². The van der Waals surface area contributed by atoms with E-state index >= 15 is 0 Å². The van der Waals surface area contributed by atoms with Crippen LogP contribution < -0.4 is 10.6 Å². The Balaban J connectivity index is 0.00000392. The first-order chi connectivity index (χ1) is 13.0. The Kier molecular flexibility index (Phi) is 10.5. The number of hydrogen-bond donors (Lipinski definition) is 2. The van der Waals surface area contributed by atoms with Gasteiger partial charge in [-0.25, -0.2) is 4.68 Å². The summed E-state index contributed by atoms with van der Waals surface area (Å²) in [7, 11) is 1.81. The van der Waals surface area contributed by atoms with Crippen molar-refractivity contribution in [1.82, 2.24) is 25.3 Å². The van der Waals surface area contributed by atoms with Gasteiger partial charge < -0.3 is 10.6 Å². The van der Waals surface area contributed by atoms with Crippen LogP contribution in [0.4, 0.5) is 0 Å². The van der Waals surface area contributed by atoms with E-state index in [0.29, 0.717) is 12.6 Å². The van der Waals surface area contributed by atoms with Gasteiger partial charge in [0, 0.05) is 31.9 Å². The van der Waals surface area contributed by atoms with Crippen LogP contribution in [0, 0.1) is 13.8 Å². The lowest BCUT2D eigenvalue weighted by Gasteiger charge is -2.27. The number of rotatable bonds is 8. The summed E-state index contributed by atoms with van der Waals surface area (Å²) in [5.41, 5.74) is 4.44. The molecule has 1 aromatic heterocycles. The highest BCUT2D eigenvalue weighted by Crippen LogP contribution is 2.16. The normalized spacial score (nSPS) is 12.6. The number of para-hydroxylation sites is 1. The zero-order chi connectivity index (χ0) is 19.8. The molecule has 0 fully saturated rings. The SMILES string of the molecule is CCN(CC)C(C)CNC(=NC)NCc1ccccc1-n1nc(C)cc1C.I. The molecule has 0 spiro atoms. The molecular weight excluding hydrogens is 463 g/mol. The number of nitrogens with zero attached hydrogens (tertiary/aromatic N) is 4. The van der Waals surface area contributed by atoms with Crippen LogP contribution in [0.15, 0.2) is 35.3 Å². The molecule has 0 aliphatic rings. The van der Waals surface area contributed by atoms with Crippen molar-refractivity contribution < 1.29 is 0 Å². The van der Waals surface area contributed by atoms with Gasteiger partial charge in [0.25, 0.3) is 0 Å². The third-order valence-corrected chi connectivity index (χ3v) is 4.90. The number of aryl methyl sites for hydroxylation is 2. The molecule has 0 bridgehead atoms. The summed E-state index contributed by atoms with van der Waals surface area (Å²) in [6.45, 7) is 14.4. The average molecular weight is 498 g/mol. The van der Waals surface area contributed by atoms with Crippen molar-refractivity contribution in [1.29, 1.82) is 0 Å². The first kappa shape index (κ1) is 24.4. The number of hydrogen-bond acceptors (Lipinski definition) is 3. The number of likely N-dealkylation sites (N-methyl/N-ethyl adjacent to an activating group) is 1. The molecule has 6 nitrogen and oxygen atoms in total. The molecule has 1 unspecified atom stereocenters. The Hall–Kier alpha value is -1.61. The molecule has 7 heteroatoms. The van der Waals surface area contributed by atoms with E-state index in [1.165, 1.54) is 5.56 Å². The van der Waals surface area contributed by atoms with E-state index < -0.39 is 0 Å². The van der Waals surface area contributed by atoms with Crippen molar-refractivity contribution in [3.8, 4) is 5.69 Å². The third kappa shape index (κ3) is 6.48. The predicted molar refractivity (Wildman–Crippen MR) is 129 cm³/mol. The second kappa shape index (κ2) is 12.1. The summed E-state index contributed by atoms with van der Waals surface area (Å²) in [5, 5.41) is 11.5. The van der Waals surface area contributed by atoms with Gasteiger partial charge in [-0.1, -0.05) is 32.0 Å². The van der Waals surface area contributed by atoms with Crippen LogP contribution in [0.5, 0.6) is 0 Å². The molecule has 0 saturated carbocycles. The van der Waals surface area contributed by atoms with Crippen molar-refractivity contribution in [2.24, 2.45) is 4.99 Å². The van der Waals surface area contributed by atoms with Gasteiger partial charge in [-0.3, -0.25) is 9.89 Å². The number of halogens is 1. The van der Waals surface area contributed by atoms with Gasteiger partial charge in [-0.2, -0.15) is 5.10 Å². The number of aliphatic imine (C=N–C) groups is 1. The fourth-order valence-corrected chi connectivity index (χ4v) is 3.36. The van der Waals surface area contributed by atoms with Crippen LogP contribution in [0.3, 0.4) is 0 Å². The number of benzene rings is 1. The van der Waals surface area contributed by atoms with Crippen molar-refractivity contribution >= 4 is 29.9 Å². The van der Waals surface area contributed by atoms with Gasteiger partial charge >= 0.3 is 0 Å². The molecule has 2 N–H and O–H groups in total. The highest BCUT2D eigenvalue weighted by atomic mass is 127. The lowest BCUT2D eigenvalue weighted by Crippen LogP contribution is -2.45. The smallest absolute Gasteiger partial charge is 0.191 e. The molecule has 0 aliphatic heterocycles. The Bertz CT molecular complexity index is 751. The van der Waals surface area contributed by atoms with E-state index in [4.69, 9.17) is 0 Å². The molecule has 1 aromatic carbocycles. The summed E-state index contributed by atoms with van der Waals surface area (Å²) >= 11 is 0. The number of nitrogens with one attached hydrogen (secondary N) is 2. The standard InChI is InChI=1S/C21H34N6.HI/c1-7-26(8-2)18(5)14-23-21(22-6)24-15-19-11-9-10-12-20(19)27-17(4)13-16(3)25-27;/h9-13,18H,7-8,14-15H2,1-6H3,(H2,22,23,24);1H. The van der Waals surface area contributed by atoms with E-state index in [2.05, 4.69) is 77.6 Å². The van der Waals surface area contributed by atoms with E-state index in [1.807, 2.05) is 24.7 Å². The van der Waals surface area contributed by atoms with Crippen molar-refractivity contribution in [2.75, 3.05) is 26.7 Å². The quantitative estimate of drug-likeness (QED) is 0.333. The predicted octanol–water partition coefficient (Wildman–Crippen LogP) is 3.50. The third-order valence-electron chi connectivity index (χ3n) is 4.90. The molecule has 2 aromatic rings. The molecular formula is C21H35IN6. The maximum absolute atomic E-state index is 4.62. The minimum absolute atomic E-state index is 0. The second-order valence-electron chi connectivity index (χ2n) is 6.84. The summed E-state index contributed by atoms with van der Waals surface area (Å²) < 4.78 is 2.00. The van der Waals surface area contributed by atoms with Crippen molar-refractivity contribution in [3.63, 3.8) is 0 Å². The number of guanidine groups is 1. The largest absolute Gasteiger partial charge is 0.355 e. The molecule has 156 valence electrons. The second-order valence-corrected chi connectivity index (χ2v) is 6.84. The minimum Gasteiger partial charge on any atom is -0.355 e. The summed E-state index contributed by atoms with van der Waals surface area (Å²) in [6, 6.07) is 10.9. The molecule has 0 radical (unpaired) electrons. The lowest BCUT2D eigenvalue weighted by atomic mass is 10.1. The molecule has 2 rings (SSSR count). The first-order valence-electron chi connectivity index (χ1n) is 9.80. The summed E-state index contributed by atoms with van der Waals surface area (Å²) in [5.74, 6) is 0.817. The van der Waals surface area contributed by atoms with Gasteiger partial charge in [-0.15, -0.1) is 24.0 Å². The van der Waals surface area contributed by atoms with Crippen LogP contribution in [-0.4, -0.2) is 53.4 Å². The minimum atomic E-state index is 0. The Labute approximate surface area is 186 Å². The fourth-order valence-electron chi connectivity index (χ4n) is 3.36. The highest BCUT2D eigenvalue weighted by Gasteiger charge is 2.12. The zero-order valence-electron chi connectivity index (χ0n) is 18.0. The zero-order valence-corrected chi connectivity index (χ0v) is 20.3. The molecule has 0 saturated heterocycles. The molecule has 1 heterocycles. The van der Waals surface area contributed by atoms with Gasteiger partial charge in [0.15, 0.2) is 5.96 Å². The Morgan fingerprint density at radius 2 is 1.86 bits per heavy atom. The van der Waals surface area contributed by atoms with E-state index in [-0.39, 0.29) is 24.0 Å². The van der Waals surface area contributed by atoms with Crippen molar-refractivity contribution in [3.05, 3.63) is 47.3 Å². The van der Waals surface area contributed by atoms with Gasteiger partial charge in [0.1, 0.15) is 0 Å². The monoisotopic (exact) mass is 498 g/mol. The van der Waals surface area contributed by atoms with E-state index in [1.54, 1.807) is 0 Å². The number of aromatic nitrogens is 2. The summed E-state index contributed by atoms with van der Waals surface area (Å²) in [4.78, 5) is 6.79. The van der Waals surface area contributed by atoms with Crippen LogP contribution in [0.2, 0.25) is 0 Å². The van der Waals surface area contributed by atoms with Crippen molar-refractivity contribution in [2.45, 2.75) is 47.2 Å². The topological polar surface area (TPSA) is 57.5 Å². The van der Waals surface area contributed by atoms with Crippen LogP contribution in [-0.2, 0) is 6.54 Å². The lowest BCUT2D eigenvalue weighted by molar-refractivity contribution is 0.231. The van der Waals surface area contributed by atoms with Gasteiger partial charge in [-0.05, 0) is 51.6 Å². The maximum atomic E-state index is 4.62. The molecule has 0 aliphatic carbocycles. The van der Waals surface area contributed by atoms with Crippen LogP contribution in [0.1, 0.15) is 37.7 Å². The summed E-state index contributed by atoms with van der Waals surface area (Å²) in [6.07, 6.45) is 0. The first-order valence-corrected chi connectivity index (χ1v) is 9.80. The highest BCUT2D eigenvalue weighted by molar-refractivity contribution is 14.0. The Morgan fingerprint density at radius 3 is 2.43 bits per heavy atom. The van der Waals surface area contributed by atoms with Crippen LogP contribution in [0.25, 0.3) is 5.69 Å². The molecule has 1 atom stereocenters. The molecule has 28 heavy (non-hydrogen) atoms. The van der Waals surface area contributed by atoms with Gasteiger partial charge in [0.05, 0.1) is 11.4 Å². The average Bonchev–Trinajstić information content (AvgIpc) is 3.01. The van der Waals surface area contributed by atoms with Crippen LogP contribution >= 0.6 is 24.0 Å². The molecule has 0 amide bonds.